The molecule has 0 heterocycles. The van der Waals surface area contributed by atoms with E-state index in [2.05, 4.69) is 67.3 Å². The van der Waals surface area contributed by atoms with E-state index in [-0.39, 0.29) is 3.42 Å². The van der Waals surface area contributed by atoms with Crippen LogP contribution in [0.25, 0.3) is 0 Å². The van der Waals surface area contributed by atoms with Crippen molar-refractivity contribution in [3.63, 3.8) is 0 Å². The molecule has 1 aromatic rings. The minimum Gasteiger partial charge on any atom is -0.126 e. The summed E-state index contributed by atoms with van der Waals surface area (Å²) in [6.45, 7) is 8.24. The molecule has 2 heteroatoms. The summed E-state index contributed by atoms with van der Waals surface area (Å²) in [4.78, 5) is 1.38. The van der Waals surface area contributed by atoms with Crippen LogP contribution < -0.4 is 0 Å². The Morgan fingerprint density at radius 3 is 2.88 bits per heavy atom. The molecule has 0 saturated heterocycles. The fourth-order valence-corrected chi connectivity index (χ4v) is 2.76. The number of thioether (sulfide) groups is 1. The highest BCUT2D eigenvalue weighted by Crippen LogP contribution is 2.27. The number of allylic oxidation sites excluding steroid dienone is 1. The largest absolute Gasteiger partial charge is 0.126 e. The van der Waals surface area contributed by atoms with Crippen LogP contribution >= 0.6 is 34.4 Å². The van der Waals surface area contributed by atoms with E-state index < -0.39 is 0 Å². The average Bonchev–Trinajstić information content (AvgIpc) is 2.25. The fraction of sp³-hybridized carbons (Fsp3) is 0.429. The van der Waals surface area contributed by atoms with Crippen LogP contribution in [-0.2, 0) is 0 Å². The van der Waals surface area contributed by atoms with Gasteiger partial charge in [0.25, 0.3) is 0 Å². The maximum absolute atomic E-state index is 3.87. The van der Waals surface area contributed by atoms with Gasteiger partial charge in [0.2, 0.25) is 0 Å². The van der Waals surface area contributed by atoms with Gasteiger partial charge in [-0.3, -0.25) is 0 Å². The number of alkyl halides is 1. The monoisotopic (exact) mass is 346 g/mol. The molecule has 1 unspecified atom stereocenters. The number of aryl methyl sites for hydroxylation is 1. The summed E-state index contributed by atoms with van der Waals surface area (Å²) in [5, 5.41) is 0. The Hall–Kier alpha value is 0.0400. The molecule has 0 aliphatic heterocycles. The summed E-state index contributed by atoms with van der Waals surface area (Å²) in [6, 6.07) is 8.71. The Morgan fingerprint density at radius 2 is 2.25 bits per heavy atom. The molecule has 0 fully saturated rings. The lowest BCUT2D eigenvalue weighted by Crippen LogP contribution is -2.10. The predicted molar refractivity (Wildman–Crippen MR) is 83.8 cm³/mol. The number of hydrogen-bond acceptors (Lipinski definition) is 1. The maximum atomic E-state index is 3.87. The fourth-order valence-electron chi connectivity index (χ4n) is 1.42. The molecule has 0 nitrogen and oxygen atoms in total. The van der Waals surface area contributed by atoms with Crippen LogP contribution in [0.1, 0.15) is 25.3 Å². The van der Waals surface area contributed by atoms with E-state index in [0.29, 0.717) is 0 Å². The molecular weight excluding hydrogens is 327 g/mol. The van der Waals surface area contributed by atoms with E-state index in [4.69, 9.17) is 0 Å². The van der Waals surface area contributed by atoms with E-state index in [1.165, 1.54) is 29.1 Å². The van der Waals surface area contributed by atoms with Gasteiger partial charge in [0.15, 0.2) is 0 Å². The summed E-state index contributed by atoms with van der Waals surface area (Å²) in [6.07, 6.45) is 4.49. The Bertz CT molecular complexity index is 344. The first-order valence-corrected chi connectivity index (χ1v) is 7.62. The van der Waals surface area contributed by atoms with E-state index in [1.807, 2.05) is 17.8 Å². The molecule has 0 aromatic heterocycles. The minimum absolute atomic E-state index is 0.255. The molecule has 0 bridgehead atoms. The van der Waals surface area contributed by atoms with Crippen molar-refractivity contribution in [1.82, 2.24) is 0 Å². The number of rotatable bonds is 6. The maximum Gasteiger partial charge on any atom is 0.0370 e. The number of halogens is 1. The number of benzene rings is 1. The first kappa shape index (κ1) is 14.1. The molecule has 1 rings (SSSR count). The molecule has 0 saturated carbocycles. The van der Waals surface area contributed by atoms with Crippen molar-refractivity contribution in [2.24, 2.45) is 0 Å². The summed E-state index contributed by atoms with van der Waals surface area (Å²) in [5.41, 5.74) is 1.34. The first-order valence-electron chi connectivity index (χ1n) is 5.55. The van der Waals surface area contributed by atoms with Gasteiger partial charge in [-0.2, -0.15) is 0 Å². The highest BCUT2D eigenvalue weighted by molar-refractivity contribution is 14.1. The summed E-state index contributed by atoms with van der Waals surface area (Å²) in [7, 11) is 0. The van der Waals surface area contributed by atoms with Crippen LogP contribution in [-0.4, -0.2) is 9.17 Å². The molecule has 88 valence electrons. The van der Waals surface area contributed by atoms with Crippen LogP contribution in [0.4, 0.5) is 0 Å². The molecule has 1 atom stereocenters. The third-order valence-electron chi connectivity index (χ3n) is 2.49. The SMILES string of the molecule is C=CC(C)(I)CCCSc1cccc(C)c1. The van der Waals surface area contributed by atoms with Gasteiger partial charge in [-0.25, -0.2) is 0 Å². The Labute approximate surface area is 117 Å². The molecular formula is C14H19IS. The average molecular weight is 346 g/mol. The zero-order chi connectivity index (χ0) is 12.0. The van der Waals surface area contributed by atoms with Gasteiger partial charge in [-0.1, -0.05) is 46.4 Å². The molecule has 0 aliphatic carbocycles. The van der Waals surface area contributed by atoms with Gasteiger partial charge in [-0.05, 0) is 44.6 Å². The molecule has 0 aliphatic rings. The second-order valence-corrected chi connectivity index (χ2v) is 7.88. The minimum atomic E-state index is 0.255. The zero-order valence-electron chi connectivity index (χ0n) is 10.0. The third-order valence-corrected chi connectivity index (χ3v) is 4.55. The lowest BCUT2D eigenvalue weighted by molar-refractivity contribution is 0.713. The van der Waals surface area contributed by atoms with Crippen molar-refractivity contribution < 1.29 is 0 Å². The van der Waals surface area contributed by atoms with Crippen molar-refractivity contribution in [2.45, 2.75) is 35.0 Å². The molecule has 0 spiro atoms. The molecule has 0 N–H and O–H groups in total. The van der Waals surface area contributed by atoms with Gasteiger partial charge in [0.1, 0.15) is 0 Å². The molecule has 16 heavy (non-hydrogen) atoms. The van der Waals surface area contributed by atoms with E-state index in [1.54, 1.807) is 0 Å². The lowest BCUT2D eigenvalue weighted by atomic mass is 10.1. The quantitative estimate of drug-likeness (QED) is 0.223. The second-order valence-electron chi connectivity index (χ2n) is 4.25. The van der Waals surface area contributed by atoms with E-state index in [0.717, 1.165) is 0 Å². The standard InChI is InChI=1S/C14H19IS/c1-4-14(3,15)9-6-10-16-13-8-5-7-12(2)11-13/h4-5,7-8,11H,1,6,9-10H2,2-3H3. The Morgan fingerprint density at radius 1 is 1.50 bits per heavy atom. The van der Waals surface area contributed by atoms with Gasteiger partial charge in [0.05, 0.1) is 0 Å². The van der Waals surface area contributed by atoms with Crippen LogP contribution in [0, 0.1) is 6.92 Å². The van der Waals surface area contributed by atoms with Gasteiger partial charge >= 0.3 is 0 Å². The second kappa shape index (κ2) is 6.70. The van der Waals surface area contributed by atoms with E-state index in [9.17, 15) is 0 Å². The summed E-state index contributed by atoms with van der Waals surface area (Å²) >= 11 is 4.42. The van der Waals surface area contributed by atoms with Crippen LogP contribution in [0.2, 0.25) is 0 Å². The first-order chi connectivity index (χ1) is 7.53. The molecule has 0 radical (unpaired) electrons. The van der Waals surface area contributed by atoms with Crippen LogP contribution in [0.5, 0.6) is 0 Å². The van der Waals surface area contributed by atoms with Crippen molar-refractivity contribution in [1.29, 1.82) is 0 Å². The highest BCUT2D eigenvalue weighted by atomic mass is 127. The van der Waals surface area contributed by atoms with E-state index >= 15 is 0 Å². The Kier molecular flexibility index (Phi) is 5.90. The van der Waals surface area contributed by atoms with Crippen molar-refractivity contribution in [3.8, 4) is 0 Å². The highest BCUT2D eigenvalue weighted by Gasteiger charge is 2.13. The summed E-state index contributed by atoms with van der Waals surface area (Å²) < 4.78 is 0.255. The van der Waals surface area contributed by atoms with Gasteiger partial charge in [0, 0.05) is 8.32 Å². The molecule has 1 aromatic carbocycles. The zero-order valence-corrected chi connectivity index (χ0v) is 13.0. The smallest absolute Gasteiger partial charge is 0.0370 e. The van der Waals surface area contributed by atoms with Gasteiger partial charge < -0.3 is 0 Å². The Balaban J connectivity index is 2.29. The third kappa shape index (κ3) is 5.39. The number of hydrogen-bond donors (Lipinski definition) is 0. The van der Waals surface area contributed by atoms with Gasteiger partial charge in [-0.15, -0.1) is 18.3 Å². The van der Waals surface area contributed by atoms with Crippen molar-refractivity contribution in [3.05, 3.63) is 42.5 Å². The van der Waals surface area contributed by atoms with Crippen LogP contribution in [0.3, 0.4) is 0 Å². The lowest BCUT2D eigenvalue weighted by Gasteiger charge is -2.16. The molecule has 0 amide bonds. The van der Waals surface area contributed by atoms with Crippen molar-refractivity contribution >= 4 is 34.4 Å². The van der Waals surface area contributed by atoms with Crippen molar-refractivity contribution in [2.75, 3.05) is 5.75 Å². The van der Waals surface area contributed by atoms with Crippen LogP contribution in [0.15, 0.2) is 41.8 Å². The summed E-state index contributed by atoms with van der Waals surface area (Å²) in [5.74, 6) is 1.19. The normalized spacial score (nSPS) is 14.4. The predicted octanol–water partition coefficient (Wildman–Crippen LogP) is 5.25. The topological polar surface area (TPSA) is 0 Å².